The lowest BCUT2D eigenvalue weighted by Crippen LogP contribution is -2.09. The van der Waals surface area contributed by atoms with Crippen molar-refractivity contribution in [1.82, 2.24) is 9.78 Å². The lowest BCUT2D eigenvalue weighted by atomic mass is 10.1. The molecule has 3 rings (SSSR count). The van der Waals surface area contributed by atoms with Crippen molar-refractivity contribution in [3.63, 3.8) is 0 Å². The van der Waals surface area contributed by atoms with Gasteiger partial charge in [-0.3, -0.25) is 4.68 Å². The molecule has 0 aliphatic carbocycles. The molecule has 1 heterocycles. The molecule has 5 heteroatoms. The van der Waals surface area contributed by atoms with E-state index in [1.54, 1.807) is 10.9 Å². The standard InChI is InChI=1S/C20H23N3O2/c1-16(22-18-13-21-23(14-18)11-12-24)19-9-5-6-10-20(19)25-15-17-7-3-2-4-8-17/h2-10,13-14,16,22,24H,11-12,15H2,1H3. The van der Waals surface area contributed by atoms with Crippen molar-refractivity contribution in [2.75, 3.05) is 11.9 Å². The van der Waals surface area contributed by atoms with E-state index in [0.717, 1.165) is 22.6 Å². The van der Waals surface area contributed by atoms with E-state index in [2.05, 4.69) is 35.5 Å². The minimum Gasteiger partial charge on any atom is -0.489 e. The first-order valence-electron chi connectivity index (χ1n) is 8.42. The number of nitrogens with one attached hydrogen (secondary N) is 1. The van der Waals surface area contributed by atoms with Crippen LogP contribution < -0.4 is 10.1 Å². The molecule has 2 aromatic carbocycles. The van der Waals surface area contributed by atoms with Gasteiger partial charge >= 0.3 is 0 Å². The Balaban J connectivity index is 1.68. The molecule has 2 N–H and O–H groups in total. The van der Waals surface area contributed by atoms with Crippen molar-refractivity contribution in [3.8, 4) is 5.75 Å². The number of aliphatic hydroxyl groups excluding tert-OH is 1. The molecular weight excluding hydrogens is 314 g/mol. The molecule has 130 valence electrons. The smallest absolute Gasteiger partial charge is 0.125 e. The van der Waals surface area contributed by atoms with Crippen molar-refractivity contribution in [1.29, 1.82) is 0 Å². The summed E-state index contributed by atoms with van der Waals surface area (Å²) in [7, 11) is 0. The number of benzene rings is 2. The molecule has 0 aliphatic heterocycles. The predicted molar refractivity (Wildman–Crippen MR) is 98.6 cm³/mol. The average Bonchev–Trinajstić information content (AvgIpc) is 3.08. The Morgan fingerprint density at radius 3 is 2.68 bits per heavy atom. The van der Waals surface area contributed by atoms with Crippen LogP contribution in [0.1, 0.15) is 24.1 Å². The molecule has 0 aliphatic rings. The van der Waals surface area contributed by atoms with Gasteiger partial charge in [-0.2, -0.15) is 5.10 Å². The van der Waals surface area contributed by atoms with Crippen LogP contribution in [0.2, 0.25) is 0 Å². The van der Waals surface area contributed by atoms with Gasteiger partial charge < -0.3 is 15.2 Å². The second kappa shape index (κ2) is 8.35. The molecule has 5 nitrogen and oxygen atoms in total. The van der Waals surface area contributed by atoms with Gasteiger partial charge in [-0.25, -0.2) is 0 Å². The predicted octanol–water partition coefficient (Wildman–Crippen LogP) is 3.63. The van der Waals surface area contributed by atoms with Gasteiger partial charge in [0, 0.05) is 11.8 Å². The van der Waals surface area contributed by atoms with E-state index in [4.69, 9.17) is 9.84 Å². The minimum atomic E-state index is 0.0683. The molecule has 0 radical (unpaired) electrons. The Labute approximate surface area is 147 Å². The number of aromatic nitrogens is 2. The highest BCUT2D eigenvalue weighted by molar-refractivity contribution is 5.45. The van der Waals surface area contributed by atoms with Crippen molar-refractivity contribution in [2.45, 2.75) is 26.1 Å². The summed E-state index contributed by atoms with van der Waals surface area (Å²) in [6, 6.07) is 18.3. The normalized spacial score (nSPS) is 11.9. The Kier molecular flexibility index (Phi) is 5.69. The summed E-state index contributed by atoms with van der Waals surface area (Å²) in [4.78, 5) is 0. The van der Waals surface area contributed by atoms with Gasteiger partial charge in [0.2, 0.25) is 0 Å². The second-order valence-corrected chi connectivity index (χ2v) is 5.89. The third-order valence-corrected chi connectivity index (χ3v) is 3.97. The first-order valence-corrected chi connectivity index (χ1v) is 8.42. The molecular formula is C20H23N3O2. The van der Waals surface area contributed by atoms with E-state index in [1.807, 2.05) is 42.6 Å². The van der Waals surface area contributed by atoms with Crippen LogP contribution in [0.3, 0.4) is 0 Å². The zero-order chi connectivity index (χ0) is 17.5. The maximum atomic E-state index is 8.98. The van der Waals surface area contributed by atoms with Crippen molar-refractivity contribution < 1.29 is 9.84 Å². The van der Waals surface area contributed by atoms with Crippen molar-refractivity contribution >= 4 is 5.69 Å². The van der Waals surface area contributed by atoms with Gasteiger partial charge in [0.1, 0.15) is 12.4 Å². The molecule has 25 heavy (non-hydrogen) atoms. The molecule has 0 saturated carbocycles. The fourth-order valence-corrected chi connectivity index (χ4v) is 2.70. The second-order valence-electron chi connectivity index (χ2n) is 5.89. The molecule has 0 fully saturated rings. The molecule has 0 amide bonds. The van der Waals surface area contributed by atoms with Crippen LogP contribution in [0, 0.1) is 0 Å². The maximum absolute atomic E-state index is 8.98. The molecule has 0 spiro atoms. The summed E-state index contributed by atoms with van der Waals surface area (Å²) < 4.78 is 7.75. The van der Waals surface area contributed by atoms with E-state index < -0.39 is 0 Å². The Bertz CT molecular complexity index is 786. The van der Waals surface area contributed by atoms with Gasteiger partial charge in [-0.05, 0) is 18.6 Å². The summed E-state index contributed by atoms with van der Waals surface area (Å²) in [5.74, 6) is 0.870. The van der Waals surface area contributed by atoms with E-state index in [9.17, 15) is 0 Å². The van der Waals surface area contributed by atoms with Crippen LogP contribution in [0.15, 0.2) is 67.0 Å². The third-order valence-electron chi connectivity index (χ3n) is 3.97. The van der Waals surface area contributed by atoms with Crippen LogP contribution in [-0.4, -0.2) is 21.5 Å². The number of para-hydroxylation sites is 1. The lowest BCUT2D eigenvalue weighted by molar-refractivity contribution is 0.269. The average molecular weight is 337 g/mol. The Morgan fingerprint density at radius 1 is 1.12 bits per heavy atom. The number of aliphatic hydroxyl groups is 1. The quantitative estimate of drug-likeness (QED) is 0.659. The van der Waals surface area contributed by atoms with Gasteiger partial charge in [-0.15, -0.1) is 0 Å². The van der Waals surface area contributed by atoms with Crippen molar-refractivity contribution in [2.24, 2.45) is 0 Å². The molecule has 1 unspecified atom stereocenters. The monoisotopic (exact) mass is 337 g/mol. The zero-order valence-corrected chi connectivity index (χ0v) is 14.3. The Morgan fingerprint density at radius 2 is 1.88 bits per heavy atom. The first-order chi connectivity index (χ1) is 12.3. The number of rotatable bonds is 8. The number of ether oxygens (including phenoxy) is 1. The first kappa shape index (κ1) is 17.0. The highest BCUT2D eigenvalue weighted by atomic mass is 16.5. The van der Waals surface area contributed by atoms with Gasteiger partial charge in [0.15, 0.2) is 0 Å². The van der Waals surface area contributed by atoms with E-state index in [0.29, 0.717) is 13.2 Å². The summed E-state index contributed by atoms with van der Waals surface area (Å²) in [5, 5.41) is 16.6. The largest absolute Gasteiger partial charge is 0.489 e. The fourth-order valence-electron chi connectivity index (χ4n) is 2.70. The molecule has 0 bridgehead atoms. The SMILES string of the molecule is CC(Nc1cnn(CCO)c1)c1ccccc1OCc1ccccc1. The van der Waals surface area contributed by atoms with Crippen LogP contribution >= 0.6 is 0 Å². The minimum absolute atomic E-state index is 0.0683. The molecule has 3 aromatic rings. The number of anilines is 1. The molecule has 1 atom stereocenters. The van der Waals surface area contributed by atoms with Gasteiger partial charge in [0.25, 0.3) is 0 Å². The summed E-state index contributed by atoms with van der Waals surface area (Å²) in [6.07, 6.45) is 3.65. The van der Waals surface area contributed by atoms with E-state index >= 15 is 0 Å². The molecule has 1 aromatic heterocycles. The zero-order valence-electron chi connectivity index (χ0n) is 14.3. The van der Waals surface area contributed by atoms with Crippen LogP contribution in [0.25, 0.3) is 0 Å². The highest BCUT2D eigenvalue weighted by Gasteiger charge is 2.12. The van der Waals surface area contributed by atoms with E-state index in [1.165, 1.54) is 0 Å². The number of hydrogen-bond donors (Lipinski definition) is 2. The lowest BCUT2D eigenvalue weighted by Gasteiger charge is -2.18. The Hall–Kier alpha value is -2.79. The number of hydrogen-bond acceptors (Lipinski definition) is 4. The van der Waals surface area contributed by atoms with Gasteiger partial charge in [-0.1, -0.05) is 48.5 Å². The number of nitrogens with zero attached hydrogens (tertiary/aromatic N) is 2. The highest BCUT2D eigenvalue weighted by Crippen LogP contribution is 2.28. The van der Waals surface area contributed by atoms with Crippen molar-refractivity contribution in [3.05, 3.63) is 78.1 Å². The van der Waals surface area contributed by atoms with Crippen LogP contribution in [0.4, 0.5) is 5.69 Å². The topological polar surface area (TPSA) is 59.3 Å². The summed E-state index contributed by atoms with van der Waals surface area (Å²) in [5.41, 5.74) is 3.15. The summed E-state index contributed by atoms with van der Waals surface area (Å²) >= 11 is 0. The van der Waals surface area contributed by atoms with Gasteiger partial charge in [0.05, 0.1) is 31.1 Å². The summed E-state index contributed by atoms with van der Waals surface area (Å²) in [6.45, 7) is 3.20. The third kappa shape index (κ3) is 4.61. The fraction of sp³-hybridized carbons (Fsp3) is 0.250. The maximum Gasteiger partial charge on any atom is 0.125 e. The van der Waals surface area contributed by atoms with Crippen LogP contribution in [0.5, 0.6) is 5.75 Å². The van der Waals surface area contributed by atoms with E-state index in [-0.39, 0.29) is 12.6 Å². The van der Waals surface area contributed by atoms with Crippen LogP contribution in [-0.2, 0) is 13.2 Å². The molecule has 0 saturated heterocycles.